The summed E-state index contributed by atoms with van der Waals surface area (Å²) in [5.41, 5.74) is 0.183. The van der Waals surface area contributed by atoms with Crippen LogP contribution in [0.1, 0.15) is 58.8 Å². The van der Waals surface area contributed by atoms with Gasteiger partial charge in [0.15, 0.2) is 5.96 Å². The minimum Gasteiger partial charge on any atom is -0.378 e. The summed E-state index contributed by atoms with van der Waals surface area (Å²) in [5, 5.41) is 7.07. The molecule has 138 valence electrons. The highest BCUT2D eigenvalue weighted by Crippen LogP contribution is 2.52. The maximum absolute atomic E-state index is 5.98. The molecule has 3 atom stereocenters. The van der Waals surface area contributed by atoms with Crippen molar-refractivity contribution in [2.24, 2.45) is 16.3 Å². The lowest BCUT2D eigenvalue weighted by Gasteiger charge is -2.54. The van der Waals surface area contributed by atoms with Gasteiger partial charge in [-0.15, -0.1) is 0 Å². The van der Waals surface area contributed by atoms with E-state index >= 15 is 0 Å². The largest absolute Gasteiger partial charge is 0.378 e. The fraction of sp³-hybridized carbons (Fsp3) is 0.947. The molecule has 0 radical (unpaired) electrons. The Kier molecular flexibility index (Phi) is 6.03. The molecule has 2 aliphatic carbocycles. The normalized spacial score (nSPS) is 33.0. The Morgan fingerprint density at radius 1 is 1.21 bits per heavy atom. The first-order valence-corrected chi connectivity index (χ1v) is 9.83. The molecule has 0 aromatic heterocycles. The minimum atomic E-state index is 0.183. The van der Waals surface area contributed by atoms with Crippen LogP contribution in [0.25, 0.3) is 0 Å². The number of ether oxygens (including phenoxy) is 2. The maximum atomic E-state index is 5.98. The Labute approximate surface area is 147 Å². The first-order valence-electron chi connectivity index (χ1n) is 9.83. The van der Waals surface area contributed by atoms with Gasteiger partial charge in [0.05, 0.1) is 12.2 Å². The minimum absolute atomic E-state index is 0.183. The van der Waals surface area contributed by atoms with Crippen molar-refractivity contribution in [2.75, 3.05) is 26.8 Å². The number of nitrogens with zero attached hydrogens (tertiary/aromatic N) is 1. The van der Waals surface area contributed by atoms with Crippen LogP contribution in [-0.4, -0.2) is 51.0 Å². The third kappa shape index (κ3) is 3.88. The molecule has 1 saturated heterocycles. The van der Waals surface area contributed by atoms with Crippen LogP contribution in [0.3, 0.4) is 0 Å². The highest BCUT2D eigenvalue weighted by atomic mass is 16.5. The van der Waals surface area contributed by atoms with Gasteiger partial charge in [-0.3, -0.25) is 4.99 Å². The lowest BCUT2D eigenvalue weighted by molar-refractivity contribution is -0.106. The SMILES string of the molecule is CN=C(NCCCOC1CCCCC1)NC1C2CCOC2C1(C)C. The predicted molar refractivity (Wildman–Crippen MR) is 97.4 cm³/mol. The molecule has 5 heteroatoms. The Morgan fingerprint density at radius 2 is 2.00 bits per heavy atom. The monoisotopic (exact) mass is 337 g/mol. The van der Waals surface area contributed by atoms with Crippen LogP contribution in [0.4, 0.5) is 0 Å². The van der Waals surface area contributed by atoms with Crippen molar-refractivity contribution in [2.45, 2.75) is 77.0 Å². The average molecular weight is 338 g/mol. The van der Waals surface area contributed by atoms with Crippen LogP contribution in [-0.2, 0) is 9.47 Å². The van der Waals surface area contributed by atoms with Crippen molar-refractivity contribution < 1.29 is 9.47 Å². The zero-order chi connectivity index (χ0) is 17.0. The van der Waals surface area contributed by atoms with E-state index in [4.69, 9.17) is 9.47 Å². The number of fused-ring (bicyclic) bond motifs is 1. The topological polar surface area (TPSA) is 54.9 Å². The van der Waals surface area contributed by atoms with E-state index in [2.05, 4.69) is 29.5 Å². The van der Waals surface area contributed by atoms with Gasteiger partial charge >= 0.3 is 0 Å². The molecule has 0 bridgehead atoms. The van der Waals surface area contributed by atoms with Crippen LogP contribution in [0.15, 0.2) is 4.99 Å². The lowest BCUT2D eigenvalue weighted by Crippen LogP contribution is -2.68. The van der Waals surface area contributed by atoms with Gasteiger partial charge in [-0.25, -0.2) is 0 Å². The standard InChI is InChI=1S/C19H35N3O2/c1-19(2)16(15-10-13-24-17(15)19)22-18(20-3)21-11-7-12-23-14-8-5-4-6-9-14/h14-17H,4-13H2,1-3H3,(H2,20,21,22). The third-order valence-corrected chi connectivity index (χ3v) is 6.14. The first-order chi connectivity index (χ1) is 11.6. The summed E-state index contributed by atoms with van der Waals surface area (Å²) in [6.45, 7) is 7.25. The predicted octanol–water partition coefficient (Wildman–Crippen LogP) is 2.70. The number of hydrogen-bond acceptors (Lipinski definition) is 3. The van der Waals surface area contributed by atoms with E-state index < -0.39 is 0 Å². The summed E-state index contributed by atoms with van der Waals surface area (Å²) < 4.78 is 11.9. The number of aliphatic imine (C=N–C) groups is 1. The van der Waals surface area contributed by atoms with Crippen molar-refractivity contribution in [3.8, 4) is 0 Å². The summed E-state index contributed by atoms with van der Waals surface area (Å²) in [5.74, 6) is 1.55. The molecular weight excluding hydrogens is 302 g/mol. The van der Waals surface area contributed by atoms with Gasteiger partial charge in [-0.1, -0.05) is 33.1 Å². The van der Waals surface area contributed by atoms with Crippen LogP contribution < -0.4 is 10.6 Å². The second kappa shape index (κ2) is 8.05. The van der Waals surface area contributed by atoms with E-state index in [0.29, 0.717) is 24.2 Å². The number of nitrogens with one attached hydrogen (secondary N) is 2. The van der Waals surface area contributed by atoms with Crippen LogP contribution in [0.5, 0.6) is 0 Å². The Morgan fingerprint density at radius 3 is 2.75 bits per heavy atom. The van der Waals surface area contributed by atoms with Gasteiger partial charge in [-0.05, 0) is 25.7 Å². The molecule has 24 heavy (non-hydrogen) atoms. The molecule has 3 rings (SSSR count). The van der Waals surface area contributed by atoms with Gasteiger partial charge < -0.3 is 20.1 Å². The van der Waals surface area contributed by atoms with Crippen LogP contribution in [0.2, 0.25) is 0 Å². The van der Waals surface area contributed by atoms with Crippen molar-refractivity contribution in [3.63, 3.8) is 0 Å². The van der Waals surface area contributed by atoms with Crippen LogP contribution >= 0.6 is 0 Å². The van der Waals surface area contributed by atoms with E-state index in [-0.39, 0.29) is 5.41 Å². The van der Waals surface area contributed by atoms with Crippen molar-refractivity contribution >= 4 is 5.96 Å². The van der Waals surface area contributed by atoms with Crippen molar-refractivity contribution in [3.05, 3.63) is 0 Å². The molecule has 0 aromatic carbocycles. The third-order valence-electron chi connectivity index (χ3n) is 6.14. The molecule has 1 aliphatic heterocycles. The highest BCUT2D eigenvalue weighted by Gasteiger charge is 2.59. The summed E-state index contributed by atoms with van der Waals surface area (Å²) in [6, 6.07) is 0.453. The summed E-state index contributed by atoms with van der Waals surface area (Å²) in [7, 11) is 1.85. The fourth-order valence-corrected chi connectivity index (χ4v) is 4.72. The molecule has 2 N–H and O–H groups in total. The molecule has 5 nitrogen and oxygen atoms in total. The zero-order valence-corrected chi connectivity index (χ0v) is 15.6. The molecule has 3 unspecified atom stereocenters. The molecule has 0 aromatic rings. The van der Waals surface area contributed by atoms with E-state index in [0.717, 1.165) is 38.6 Å². The van der Waals surface area contributed by atoms with Gasteiger partial charge in [0.25, 0.3) is 0 Å². The van der Waals surface area contributed by atoms with E-state index in [9.17, 15) is 0 Å². The molecule has 1 heterocycles. The van der Waals surface area contributed by atoms with E-state index in [1.54, 1.807) is 0 Å². The molecule has 3 fully saturated rings. The van der Waals surface area contributed by atoms with E-state index in [1.165, 1.54) is 32.1 Å². The molecular formula is C19H35N3O2. The molecule has 0 amide bonds. The van der Waals surface area contributed by atoms with Gasteiger partial charge in [-0.2, -0.15) is 0 Å². The Bertz CT molecular complexity index is 432. The summed E-state index contributed by atoms with van der Waals surface area (Å²) in [6.07, 6.45) is 9.66. The zero-order valence-electron chi connectivity index (χ0n) is 15.6. The van der Waals surface area contributed by atoms with Crippen molar-refractivity contribution in [1.82, 2.24) is 10.6 Å². The fourth-order valence-electron chi connectivity index (χ4n) is 4.72. The van der Waals surface area contributed by atoms with E-state index in [1.807, 2.05) is 7.05 Å². The Balaban J connectivity index is 1.33. The maximum Gasteiger partial charge on any atom is 0.191 e. The smallest absolute Gasteiger partial charge is 0.191 e. The quantitative estimate of drug-likeness (QED) is 0.444. The average Bonchev–Trinajstić information content (AvgIpc) is 3.05. The second-order valence-electron chi connectivity index (χ2n) is 8.17. The molecule has 2 saturated carbocycles. The molecule has 0 spiro atoms. The van der Waals surface area contributed by atoms with Crippen molar-refractivity contribution in [1.29, 1.82) is 0 Å². The van der Waals surface area contributed by atoms with Gasteiger partial charge in [0.1, 0.15) is 0 Å². The van der Waals surface area contributed by atoms with Gasteiger partial charge in [0, 0.05) is 44.2 Å². The number of guanidine groups is 1. The first kappa shape index (κ1) is 18.0. The Hall–Kier alpha value is -0.810. The summed E-state index contributed by atoms with van der Waals surface area (Å²) >= 11 is 0. The van der Waals surface area contributed by atoms with Crippen LogP contribution in [0, 0.1) is 11.3 Å². The summed E-state index contributed by atoms with van der Waals surface area (Å²) in [4.78, 5) is 4.39. The molecule has 3 aliphatic rings. The number of hydrogen-bond donors (Lipinski definition) is 2. The second-order valence-corrected chi connectivity index (χ2v) is 8.17. The number of rotatable bonds is 6. The highest BCUT2D eigenvalue weighted by molar-refractivity contribution is 5.80. The van der Waals surface area contributed by atoms with Gasteiger partial charge in [0.2, 0.25) is 0 Å². The lowest BCUT2D eigenvalue weighted by atomic mass is 9.57.